The van der Waals surface area contributed by atoms with E-state index < -0.39 is 0 Å². The predicted molar refractivity (Wildman–Crippen MR) is 109 cm³/mol. The lowest BCUT2D eigenvalue weighted by atomic mass is 10.2. The van der Waals surface area contributed by atoms with Crippen LogP contribution in [0.5, 0.6) is 0 Å². The molecule has 1 saturated heterocycles. The first-order chi connectivity index (χ1) is 13.8. The average molecular weight is 392 g/mol. The number of nitrogens with zero attached hydrogens (tertiary/aromatic N) is 6. The molecule has 0 atom stereocenters. The molecule has 1 aliphatic rings. The first kappa shape index (κ1) is 17.3. The van der Waals surface area contributed by atoms with Gasteiger partial charge in [0.25, 0.3) is 0 Å². The molecule has 3 aromatic heterocycles. The Morgan fingerprint density at radius 2 is 1.86 bits per heavy atom. The van der Waals surface area contributed by atoms with Crippen molar-refractivity contribution in [1.29, 1.82) is 0 Å². The number of aryl methyl sites for hydroxylation is 1. The van der Waals surface area contributed by atoms with Crippen molar-refractivity contribution in [2.24, 2.45) is 0 Å². The van der Waals surface area contributed by atoms with Crippen LogP contribution in [-0.4, -0.2) is 51.2 Å². The van der Waals surface area contributed by atoms with Crippen molar-refractivity contribution >= 4 is 28.1 Å². The molecule has 28 heavy (non-hydrogen) atoms. The number of anilines is 1. The summed E-state index contributed by atoms with van der Waals surface area (Å²) in [7, 11) is 0. The molecule has 4 heterocycles. The predicted octanol–water partition coefficient (Wildman–Crippen LogP) is 3.37. The van der Waals surface area contributed by atoms with Crippen LogP contribution in [0.25, 0.3) is 21.6 Å². The van der Waals surface area contributed by atoms with Crippen molar-refractivity contribution in [1.82, 2.24) is 25.0 Å². The van der Waals surface area contributed by atoms with E-state index in [1.54, 1.807) is 11.3 Å². The van der Waals surface area contributed by atoms with E-state index in [1.807, 2.05) is 19.1 Å². The Kier molecular flexibility index (Phi) is 4.50. The zero-order valence-corrected chi connectivity index (χ0v) is 16.4. The molecule has 142 valence electrons. The normalized spacial score (nSPS) is 15.4. The molecular formula is C20H20N6OS. The number of benzene rings is 1. The van der Waals surface area contributed by atoms with Crippen molar-refractivity contribution in [3.8, 4) is 10.7 Å². The number of para-hydroxylation sites is 1. The first-order valence-electron chi connectivity index (χ1n) is 9.33. The minimum Gasteiger partial charge on any atom is -0.353 e. The monoisotopic (exact) mass is 392 g/mol. The standard InChI is InChI=1S/C20H20N6OS/c1-14-21-18(24-27-14)13-25-8-10-26(11-9-25)20-15-5-2-3-6-16(15)22-19(23-20)17-7-4-12-28-17/h2-7,12H,8-11,13H2,1H3. The number of thiophene rings is 1. The van der Waals surface area contributed by atoms with Crippen LogP contribution in [0.1, 0.15) is 11.7 Å². The van der Waals surface area contributed by atoms with E-state index in [-0.39, 0.29) is 0 Å². The van der Waals surface area contributed by atoms with Crippen LogP contribution in [0.2, 0.25) is 0 Å². The summed E-state index contributed by atoms with van der Waals surface area (Å²) < 4.78 is 5.08. The first-order valence-corrected chi connectivity index (χ1v) is 10.2. The molecule has 1 fully saturated rings. The van der Waals surface area contributed by atoms with Gasteiger partial charge in [-0.1, -0.05) is 23.4 Å². The van der Waals surface area contributed by atoms with Gasteiger partial charge in [-0.3, -0.25) is 4.90 Å². The SMILES string of the molecule is Cc1nc(CN2CCN(c3nc(-c4cccs4)nc4ccccc34)CC2)no1. The van der Waals surface area contributed by atoms with Crippen molar-refractivity contribution in [3.63, 3.8) is 0 Å². The fourth-order valence-corrected chi connectivity index (χ4v) is 4.20. The second-order valence-electron chi connectivity index (χ2n) is 6.86. The summed E-state index contributed by atoms with van der Waals surface area (Å²) >= 11 is 1.67. The Bertz CT molecular complexity index is 1090. The zero-order valence-electron chi connectivity index (χ0n) is 15.6. The van der Waals surface area contributed by atoms with Gasteiger partial charge in [-0.2, -0.15) is 4.98 Å². The summed E-state index contributed by atoms with van der Waals surface area (Å²) in [6.07, 6.45) is 0. The van der Waals surface area contributed by atoms with Crippen molar-refractivity contribution in [2.75, 3.05) is 31.1 Å². The van der Waals surface area contributed by atoms with E-state index in [0.29, 0.717) is 5.89 Å². The van der Waals surface area contributed by atoms with Gasteiger partial charge < -0.3 is 9.42 Å². The molecule has 0 bridgehead atoms. The molecule has 8 heteroatoms. The number of piperazine rings is 1. The van der Waals surface area contributed by atoms with Gasteiger partial charge in [0.15, 0.2) is 11.6 Å². The van der Waals surface area contributed by atoms with Crippen molar-refractivity contribution in [2.45, 2.75) is 13.5 Å². The average Bonchev–Trinajstić information content (AvgIpc) is 3.40. The molecule has 7 nitrogen and oxygen atoms in total. The molecule has 0 spiro atoms. The fraction of sp³-hybridized carbons (Fsp3) is 0.300. The fourth-order valence-electron chi connectivity index (χ4n) is 3.54. The molecule has 0 N–H and O–H groups in total. The molecule has 0 amide bonds. The number of fused-ring (bicyclic) bond motifs is 1. The van der Waals surface area contributed by atoms with Gasteiger partial charge in [-0.15, -0.1) is 11.3 Å². The number of hydrogen-bond acceptors (Lipinski definition) is 8. The second-order valence-corrected chi connectivity index (χ2v) is 7.81. The van der Waals surface area contributed by atoms with Gasteiger partial charge in [0.2, 0.25) is 5.89 Å². The van der Waals surface area contributed by atoms with Crippen LogP contribution in [0.3, 0.4) is 0 Å². The highest BCUT2D eigenvalue weighted by molar-refractivity contribution is 7.13. The molecule has 4 aromatic rings. The molecular weight excluding hydrogens is 372 g/mol. The van der Waals surface area contributed by atoms with E-state index in [1.165, 1.54) is 0 Å². The van der Waals surface area contributed by atoms with Gasteiger partial charge in [0.05, 0.1) is 16.9 Å². The quantitative estimate of drug-likeness (QED) is 0.527. The van der Waals surface area contributed by atoms with Crippen LogP contribution < -0.4 is 4.90 Å². The minimum absolute atomic E-state index is 0.613. The van der Waals surface area contributed by atoms with E-state index in [2.05, 4.69) is 49.6 Å². The Labute approximate surface area is 166 Å². The highest BCUT2D eigenvalue weighted by Crippen LogP contribution is 2.30. The zero-order chi connectivity index (χ0) is 18.9. The molecule has 0 radical (unpaired) electrons. The van der Waals surface area contributed by atoms with Gasteiger partial charge >= 0.3 is 0 Å². The lowest BCUT2D eigenvalue weighted by molar-refractivity contribution is 0.239. The molecule has 0 unspecified atom stereocenters. The Morgan fingerprint density at radius 3 is 2.61 bits per heavy atom. The third-order valence-electron chi connectivity index (χ3n) is 4.93. The largest absolute Gasteiger partial charge is 0.353 e. The highest BCUT2D eigenvalue weighted by atomic mass is 32.1. The summed E-state index contributed by atoms with van der Waals surface area (Å²) in [5.41, 5.74) is 0.987. The summed E-state index contributed by atoms with van der Waals surface area (Å²) in [4.78, 5) is 19.8. The molecule has 1 aromatic carbocycles. The maximum atomic E-state index is 5.08. The lowest BCUT2D eigenvalue weighted by Crippen LogP contribution is -2.46. The summed E-state index contributed by atoms with van der Waals surface area (Å²) in [6, 6.07) is 12.4. The Morgan fingerprint density at radius 1 is 1.00 bits per heavy atom. The summed E-state index contributed by atoms with van der Waals surface area (Å²) in [5, 5.41) is 7.17. The van der Waals surface area contributed by atoms with E-state index in [9.17, 15) is 0 Å². The van der Waals surface area contributed by atoms with Crippen LogP contribution in [0.15, 0.2) is 46.3 Å². The number of rotatable bonds is 4. The van der Waals surface area contributed by atoms with Gasteiger partial charge in [0.1, 0.15) is 5.82 Å². The highest BCUT2D eigenvalue weighted by Gasteiger charge is 2.22. The topological polar surface area (TPSA) is 71.2 Å². The van der Waals surface area contributed by atoms with Gasteiger partial charge in [-0.25, -0.2) is 9.97 Å². The maximum absolute atomic E-state index is 5.08. The Hall–Kier alpha value is -2.84. The van der Waals surface area contributed by atoms with Gasteiger partial charge in [-0.05, 0) is 23.6 Å². The van der Waals surface area contributed by atoms with Crippen LogP contribution >= 0.6 is 11.3 Å². The van der Waals surface area contributed by atoms with E-state index in [4.69, 9.17) is 14.5 Å². The minimum atomic E-state index is 0.613. The molecule has 1 aliphatic heterocycles. The third-order valence-corrected chi connectivity index (χ3v) is 5.80. The van der Waals surface area contributed by atoms with Crippen LogP contribution in [0.4, 0.5) is 5.82 Å². The van der Waals surface area contributed by atoms with E-state index >= 15 is 0 Å². The smallest absolute Gasteiger partial charge is 0.223 e. The lowest BCUT2D eigenvalue weighted by Gasteiger charge is -2.35. The van der Waals surface area contributed by atoms with Crippen LogP contribution in [0, 0.1) is 6.92 Å². The second kappa shape index (κ2) is 7.29. The summed E-state index contributed by atoms with van der Waals surface area (Å²) in [5.74, 6) is 3.18. The van der Waals surface area contributed by atoms with Gasteiger partial charge in [0, 0.05) is 38.5 Å². The number of hydrogen-bond donors (Lipinski definition) is 0. The number of aromatic nitrogens is 4. The molecule has 0 saturated carbocycles. The molecule has 0 aliphatic carbocycles. The van der Waals surface area contributed by atoms with Crippen molar-refractivity contribution < 1.29 is 4.52 Å². The van der Waals surface area contributed by atoms with E-state index in [0.717, 1.165) is 66.0 Å². The summed E-state index contributed by atoms with van der Waals surface area (Å²) in [6.45, 7) is 6.21. The Balaban J connectivity index is 1.40. The third kappa shape index (κ3) is 3.36. The molecule has 5 rings (SSSR count). The van der Waals surface area contributed by atoms with Crippen LogP contribution in [-0.2, 0) is 6.54 Å². The maximum Gasteiger partial charge on any atom is 0.223 e. The van der Waals surface area contributed by atoms with Crippen molar-refractivity contribution in [3.05, 3.63) is 53.5 Å².